The summed E-state index contributed by atoms with van der Waals surface area (Å²) in [5, 5.41) is 14.5. The number of nitrogens with zero attached hydrogens (tertiary/aromatic N) is 3. The molecule has 0 saturated carbocycles. The summed E-state index contributed by atoms with van der Waals surface area (Å²) in [6, 6.07) is 21.6. The van der Waals surface area contributed by atoms with Crippen LogP contribution in [-0.2, 0) is 0 Å². The Morgan fingerprint density at radius 2 is 1.90 bits per heavy atom. The van der Waals surface area contributed by atoms with Crippen LogP contribution in [0.5, 0.6) is 5.75 Å². The monoisotopic (exact) mass is 433 g/mol. The highest BCUT2D eigenvalue weighted by atomic mass is 32.1. The van der Waals surface area contributed by atoms with E-state index >= 15 is 0 Å². The molecule has 0 aliphatic carbocycles. The number of nitrogens with one attached hydrogen (secondary N) is 2. The second-order valence-corrected chi connectivity index (χ2v) is 7.57. The van der Waals surface area contributed by atoms with Gasteiger partial charge >= 0.3 is 0 Å². The normalized spacial score (nSPS) is 10.8. The van der Waals surface area contributed by atoms with Gasteiger partial charge in [-0.25, -0.2) is 4.68 Å². The number of hydrazone groups is 1. The van der Waals surface area contributed by atoms with E-state index in [9.17, 15) is 0 Å². The molecule has 150 valence electrons. The first kappa shape index (κ1) is 19.8. The van der Waals surface area contributed by atoms with Crippen molar-refractivity contribution in [3.05, 3.63) is 83.9 Å². The zero-order valence-electron chi connectivity index (χ0n) is 16.1. The minimum atomic E-state index is 0.365. The Balaban J connectivity index is 1.52. The maximum absolute atomic E-state index is 5.34. The van der Waals surface area contributed by atoms with Crippen molar-refractivity contribution >= 4 is 40.6 Å². The largest absolute Gasteiger partial charge is 0.495 e. The third-order valence-corrected chi connectivity index (χ3v) is 5.31. The van der Waals surface area contributed by atoms with Crippen LogP contribution in [0.3, 0.4) is 0 Å². The highest BCUT2D eigenvalue weighted by Gasteiger charge is 2.12. The molecule has 0 bridgehead atoms. The topological polar surface area (TPSA) is 63.5 Å². The van der Waals surface area contributed by atoms with Crippen molar-refractivity contribution in [3.8, 4) is 22.0 Å². The van der Waals surface area contributed by atoms with Gasteiger partial charge in [0, 0.05) is 11.8 Å². The SMILES string of the molecule is COc1ccccc1NC(=S)NN=Cc1cn(-c2ccccc2)nc1-c1cccs1. The third-order valence-electron chi connectivity index (χ3n) is 4.24. The second kappa shape index (κ2) is 9.34. The van der Waals surface area contributed by atoms with Gasteiger partial charge in [0.1, 0.15) is 11.4 Å². The third kappa shape index (κ3) is 4.56. The van der Waals surface area contributed by atoms with Crippen molar-refractivity contribution in [2.75, 3.05) is 12.4 Å². The number of para-hydroxylation sites is 3. The number of methoxy groups -OCH3 is 1. The van der Waals surface area contributed by atoms with Gasteiger partial charge in [-0.2, -0.15) is 10.2 Å². The fourth-order valence-corrected chi connectivity index (χ4v) is 3.75. The van der Waals surface area contributed by atoms with E-state index < -0.39 is 0 Å². The predicted octanol–water partition coefficient (Wildman–Crippen LogP) is 4.93. The average Bonchev–Trinajstić information content (AvgIpc) is 3.45. The molecule has 0 unspecified atom stereocenters. The summed E-state index contributed by atoms with van der Waals surface area (Å²) in [7, 11) is 1.62. The number of aromatic nitrogens is 2. The first-order valence-corrected chi connectivity index (χ1v) is 10.5. The zero-order chi connectivity index (χ0) is 20.8. The lowest BCUT2D eigenvalue weighted by atomic mass is 10.2. The summed E-state index contributed by atoms with van der Waals surface area (Å²) in [6.07, 6.45) is 3.67. The standard InChI is InChI=1S/C22H19N5OS2/c1-28-19-11-6-5-10-18(19)24-22(29)25-23-14-16-15-27(17-8-3-2-4-9-17)26-21(16)20-12-7-13-30-20/h2-15H,1H3,(H2,24,25,29). The van der Waals surface area contributed by atoms with Gasteiger partial charge in [-0.15, -0.1) is 11.3 Å². The fraction of sp³-hybridized carbons (Fsp3) is 0.0455. The van der Waals surface area contributed by atoms with Crippen molar-refractivity contribution in [1.29, 1.82) is 0 Å². The van der Waals surface area contributed by atoms with E-state index in [1.165, 1.54) is 0 Å². The summed E-state index contributed by atoms with van der Waals surface area (Å²) in [6.45, 7) is 0. The minimum absolute atomic E-state index is 0.365. The Kier molecular flexibility index (Phi) is 6.17. The molecule has 30 heavy (non-hydrogen) atoms. The van der Waals surface area contributed by atoms with E-state index in [-0.39, 0.29) is 0 Å². The van der Waals surface area contributed by atoms with E-state index in [4.69, 9.17) is 22.1 Å². The van der Waals surface area contributed by atoms with Crippen LogP contribution < -0.4 is 15.5 Å². The molecule has 2 heterocycles. The van der Waals surface area contributed by atoms with Crippen LogP contribution >= 0.6 is 23.6 Å². The van der Waals surface area contributed by atoms with Gasteiger partial charge in [0.25, 0.3) is 0 Å². The van der Waals surface area contributed by atoms with Crippen LogP contribution in [-0.4, -0.2) is 28.2 Å². The molecular weight excluding hydrogens is 414 g/mol. The van der Waals surface area contributed by atoms with E-state index in [1.54, 1.807) is 24.7 Å². The quantitative estimate of drug-likeness (QED) is 0.256. The lowest BCUT2D eigenvalue weighted by molar-refractivity contribution is 0.417. The number of benzene rings is 2. The Bertz CT molecular complexity index is 1150. The van der Waals surface area contributed by atoms with Crippen LogP contribution in [0.2, 0.25) is 0 Å². The summed E-state index contributed by atoms with van der Waals surface area (Å²) in [4.78, 5) is 1.07. The van der Waals surface area contributed by atoms with Gasteiger partial charge < -0.3 is 10.1 Å². The smallest absolute Gasteiger partial charge is 0.191 e. The molecule has 6 nitrogen and oxygen atoms in total. The number of thiophene rings is 1. The van der Waals surface area contributed by atoms with Crippen molar-refractivity contribution < 1.29 is 4.74 Å². The molecule has 4 aromatic rings. The number of ether oxygens (including phenoxy) is 1. The van der Waals surface area contributed by atoms with Crippen molar-refractivity contribution in [3.63, 3.8) is 0 Å². The Morgan fingerprint density at radius 3 is 2.67 bits per heavy atom. The Labute approximate surface area is 183 Å². The lowest BCUT2D eigenvalue weighted by Gasteiger charge is -2.10. The number of anilines is 1. The van der Waals surface area contributed by atoms with Crippen LogP contribution in [0.4, 0.5) is 5.69 Å². The molecule has 0 atom stereocenters. The number of hydrogen-bond donors (Lipinski definition) is 2. The maximum atomic E-state index is 5.34. The van der Waals surface area contributed by atoms with Crippen LogP contribution in [0.1, 0.15) is 5.56 Å². The van der Waals surface area contributed by atoms with Gasteiger partial charge in [0.2, 0.25) is 0 Å². The number of rotatable bonds is 6. The summed E-state index contributed by atoms with van der Waals surface area (Å²) < 4.78 is 7.17. The number of thiocarbonyl (C=S) groups is 1. The van der Waals surface area contributed by atoms with Crippen molar-refractivity contribution in [2.24, 2.45) is 5.10 Å². The molecule has 8 heteroatoms. The van der Waals surface area contributed by atoms with Crippen molar-refractivity contribution in [2.45, 2.75) is 0 Å². The van der Waals surface area contributed by atoms with Crippen LogP contribution in [0, 0.1) is 0 Å². The van der Waals surface area contributed by atoms with Gasteiger partial charge in [0.05, 0.1) is 29.6 Å². The molecule has 0 fully saturated rings. The number of hydrogen-bond acceptors (Lipinski definition) is 5. The van der Waals surface area contributed by atoms with Gasteiger partial charge in [-0.05, 0) is 47.9 Å². The molecule has 0 aliphatic heterocycles. The minimum Gasteiger partial charge on any atom is -0.495 e. The van der Waals surface area contributed by atoms with E-state index in [1.807, 2.05) is 83.0 Å². The van der Waals surface area contributed by atoms with E-state index in [0.717, 1.165) is 27.5 Å². The predicted molar refractivity (Wildman–Crippen MR) is 127 cm³/mol. The molecule has 2 N–H and O–H groups in total. The first-order chi connectivity index (χ1) is 14.7. The molecule has 0 radical (unpaired) electrons. The first-order valence-electron chi connectivity index (χ1n) is 9.16. The van der Waals surface area contributed by atoms with Crippen LogP contribution in [0.25, 0.3) is 16.3 Å². The second-order valence-electron chi connectivity index (χ2n) is 6.21. The molecule has 4 rings (SSSR count). The van der Waals surface area contributed by atoms with E-state index in [2.05, 4.69) is 15.8 Å². The highest BCUT2D eigenvalue weighted by Crippen LogP contribution is 2.27. The van der Waals surface area contributed by atoms with Crippen LogP contribution in [0.15, 0.2) is 83.4 Å². The molecule has 0 aliphatic rings. The van der Waals surface area contributed by atoms with E-state index in [0.29, 0.717) is 10.9 Å². The molecule has 0 amide bonds. The van der Waals surface area contributed by atoms with Gasteiger partial charge in [0.15, 0.2) is 5.11 Å². The maximum Gasteiger partial charge on any atom is 0.191 e. The average molecular weight is 434 g/mol. The summed E-state index contributed by atoms with van der Waals surface area (Å²) in [5.41, 5.74) is 6.35. The molecule has 2 aromatic carbocycles. The fourth-order valence-electron chi connectivity index (χ4n) is 2.86. The summed E-state index contributed by atoms with van der Waals surface area (Å²) >= 11 is 6.98. The zero-order valence-corrected chi connectivity index (χ0v) is 17.8. The highest BCUT2D eigenvalue weighted by molar-refractivity contribution is 7.80. The van der Waals surface area contributed by atoms with Gasteiger partial charge in [-0.3, -0.25) is 5.43 Å². The molecular formula is C22H19N5OS2. The molecule has 2 aromatic heterocycles. The molecule has 0 saturated heterocycles. The summed E-state index contributed by atoms with van der Waals surface area (Å²) in [5.74, 6) is 0.703. The van der Waals surface area contributed by atoms with Gasteiger partial charge in [-0.1, -0.05) is 36.4 Å². The Hall–Kier alpha value is -3.49. The Morgan fingerprint density at radius 1 is 1.10 bits per heavy atom. The molecule has 0 spiro atoms. The lowest BCUT2D eigenvalue weighted by Crippen LogP contribution is -2.24. The van der Waals surface area contributed by atoms with Crippen molar-refractivity contribution in [1.82, 2.24) is 15.2 Å².